The Labute approximate surface area is 68.3 Å². The molecule has 0 heterocycles. The minimum absolute atomic E-state index is 0.151. The maximum Gasteiger partial charge on any atom is 0.107 e. The molecule has 54 valence electrons. The van der Waals surface area contributed by atoms with E-state index in [9.17, 15) is 0 Å². The zero-order chi connectivity index (χ0) is 7.11. The molecular weight excluding hydrogens is 154 g/mol. The molecule has 0 bridgehead atoms. The second-order valence-electron chi connectivity index (χ2n) is 2.24. The summed E-state index contributed by atoms with van der Waals surface area (Å²) < 4.78 is 0. The first kappa shape index (κ1) is 9.64. The highest BCUT2D eigenvalue weighted by Crippen LogP contribution is 2.12. The fraction of sp³-hybridized carbons (Fsp3) is 1.00. The summed E-state index contributed by atoms with van der Waals surface area (Å²) in [5.74, 6) is 0. The lowest BCUT2D eigenvalue weighted by Crippen LogP contribution is -1.86. The molecule has 0 saturated heterocycles. The van der Waals surface area contributed by atoms with Gasteiger partial charge in [0.25, 0.3) is 0 Å². The molecule has 0 spiro atoms. The third-order valence-electron chi connectivity index (χ3n) is 1.28. The highest BCUT2D eigenvalue weighted by Gasteiger charge is 1.96. The van der Waals surface area contributed by atoms with Crippen LogP contribution >= 0.6 is 23.2 Å². The molecule has 0 saturated carbocycles. The fourth-order valence-electron chi connectivity index (χ4n) is 0.725. The van der Waals surface area contributed by atoms with Crippen LogP contribution in [0.15, 0.2) is 0 Å². The van der Waals surface area contributed by atoms with Crippen molar-refractivity contribution in [1.29, 1.82) is 0 Å². The van der Waals surface area contributed by atoms with Crippen molar-refractivity contribution in [1.82, 2.24) is 0 Å². The molecule has 0 aliphatic heterocycles. The molecule has 0 nitrogen and oxygen atoms in total. The fourth-order valence-corrected chi connectivity index (χ4v) is 1.03. The molecule has 0 aromatic heterocycles. The van der Waals surface area contributed by atoms with Crippen LogP contribution in [0.4, 0.5) is 0 Å². The van der Waals surface area contributed by atoms with Gasteiger partial charge in [0.05, 0.1) is 0 Å². The summed E-state index contributed by atoms with van der Waals surface area (Å²) in [5, 5.41) is 0. The van der Waals surface area contributed by atoms with E-state index in [1.54, 1.807) is 0 Å². The van der Waals surface area contributed by atoms with E-state index in [0.29, 0.717) is 0 Å². The summed E-state index contributed by atoms with van der Waals surface area (Å²) in [6, 6.07) is 0. The Bertz CT molecular complexity index is 57.0. The molecule has 0 aromatic carbocycles. The van der Waals surface area contributed by atoms with Gasteiger partial charge in [0.2, 0.25) is 0 Å². The van der Waals surface area contributed by atoms with Crippen LogP contribution in [0, 0.1) is 0 Å². The third-order valence-corrected chi connectivity index (χ3v) is 1.71. The van der Waals surface area contributed by atoms with Gasteiger partial charge in [-0.15, -0.1) is 23.2 Å². The van der Waals surface area contributed by atoms with Gasteiger partial charge < -0.3 is 0 Å². The van der Waals surface area contributed by atoms with Gasteiger partial charge in [0, 0.05) is 0 Å². The summed E-state index contributed by atoms with van der Waals surface area (Å²) in [4.78, 5) is -0.151. The van der Waals surface area contributed by atoms with Crippen molar-refractivity contribution in [3.8, 4) is 0 Å². The zero-order valence-corrected chi connectivity index (χ0v) is 7.38. The normalized spacial score (nSPS) is 10.6. The molecule has 0 aromatic rings. The molecule has 0 amide bonds. The van der Waals surface area contributed by atoms with Gasteiger partial charge in [0.15, 0.2) is 0 Å². The second kappa shape index (κ2) is 6.76. The first-order chi connectivity index (χ1) is 4.27. The monoisotopic (exact) mass is 166 g/mol. The lowest BCUT2D eigenvalue weighted by molar-refractivity contribution is 0.692. The maximum atomic E-state index is 5.52. The number of halogens is 2. The van der Waals surface area contributed by atoms with Crippen LogP contribution in [0.25, 0.3) is 0 Å². The van der Waals surface area contributed by atoms with E-state index in [2.05, 4.69) is 7.85 Å². The van der Waals surface area contributed by atoms with Crippen LogP contribution in [0.3, 0.4) is 0 Å². The number of hydrogen-bond acceptors (Lipinski definition) is 0. The Balaban J connectivity index is 2.75. The molecule has 0 aliphatic rings. The van der Waals surface area contributed by atoms with Crippen LogP contribution in [-0.2, 0) is 0 Å². The smallest absolute Gasteiger partial charge is 0.105 e. The van der Waals surface area contributed by atoms with Crippen LogP contribution in [0.2, 0.25) is 6.32 Å². The third kappa shape index (κ3) is 8.64. The number of rotatable bonds is 5. The average Bonchev–Trinajstić information content (AvgIpc) is 1.80. The Morgan fingerprint density at radius 1 is 1.11 bits per heavy atom. The quantitative estimate of drug-likeness (QED) is 0.335. The van der Waals surface area contributed by atoms with E-state index in [1.807, 2.05) is 0 Å². The van der Waals surface area contributed by atoms with Crippen molar-refractivity contribution < 1.29 is 0 Å². The van der Waals surface area contributed by atoms with E-state index < -0.39 is 0 Å². The molecule has 9 heavy (non-hydrogen) atoms. The van der Waals surface area contributed by atoms with Crippen LogP contribution in [0.1, 0.15) is 25.7 Å². The van der Waals surface area contributed by atoms with E-state index in [1.165, 1.54) is 25.6 Å². The molecule has 0 N–H and O–H groups in total. The van der Waals surface area contributed by atoms with Crippen molar-refractivity contribution in [3.63, 3.8) is 0 Å². The predicted octanol–water partition coefficient (Wildman–Crippen LogP) is 2.40. The Kier molecular flexibility index (Phi) is 7.25. The van der Waals surface area contributed by atoms with Crippen molar-refractivity contribution in [2.24, 2.45) is 0 Å². The van der Waals surface area contributed by atoms with Crippen LogP contribution in [-0.4, -0.2) is 12.7 Å². The molecule has 0 aliphatic carbocycles. The zero-order valence-electron chi connectivity index (χ0n) is 5.87. The van der Waals surface area contributed by atoms with Crippen LogP contribution < -0.4 is 0 Å². The van der Waals surface area contributed by atoms with Gasteiger partial charge in [-0.05, 0) is 6.42 Å². The van der Waals surface area contributed by atoms with E-state index in [4.69, 9.17) is 23.2 Å². The summed E-state index contributed by atoms with van der Waals surface area (Å²) in [5.41, 5.74) is 0. The molecule has 0 radical (unpaired) electrons. The van der Waals surface area contributed by atoms with Gasteiger partial charge in [-0.2, -0.15) is 0 Å². The van der Waals surface area contributed by atoms with E-state index >= 15 is 0 Å². The van der Waals surface area contributed by atoms with E-state index in [0.717, 1.165) is 6.42 Å². The highest BCUT2D eigenvalue weighted by molar-refractivity contribution is 6.44. The summed E-state index contributed by atoms with van der Waals surface area (Å²) >= 11 is 11.0. The highest BCUT2D eigenvalue weighted by atomic mass is 35.5. The lowest BCUT2D eigenvalue weighted by Gasteiger charge is -1.98. The maximum absolute atomic E-state index is 5.52. The molecule has 0 atom stereocenters. The van der Waals surface area contributed by atoms with Crippen LogP contribution in [0.5, 0.6) is 0 Å². The lowest BCUT2D eigenvalue weighted by atomic mass is 9.99. The van der Waals surface area contributed by atoms with Gasteiger partial charge in [-0.25, -0.2) is 0 Å². The topological polar surface area (TPSA) is 0 Å². The standard InChI is InChI=1S/C6H13BCl2/c7-5-3-1-2-4-6(8)9/h6H,1-5,7H2. The average molecular weight is 167 g/mol. The number of unbranched alkanes of at least 4 members (excludes halogenated alkanes) is 2. The first-order valence-corrected chi connectivity index (χ1v) is 4.42. The van der Waals surface area contributed by atoms with Crippen molar-refractivity contribution in [2.45, 2.75) is 36.8 Å². The Hall–Kier alpha value is 0.645. The van der Waals surface area contributed by atoms with Gasteiger partial charge in [-0.3, -0.25) is 0 Å². The molecule has 0 fully saturated rings. The van der Waals surface area contributed by atoms with Crippen molar-refractivity contribution >= 4 is 31.0 Å². The summed E-state index contributed by atoms with van der Waals surface area (Å²) in [7, 11) is 2.19. The van der Waals surface area contributed by atoms with Crippen molar-refractivity contribution in [3.05, 3.63) is 0 Å². The van der Waals surface area contributed by atoms with Gasteiger partial charge in [-0.1, -0.05) is 25.6 Å². The molecule has 3 heteroatoms. The molecule has 0 unspecified atom stereocenters. The Morgan fingerprint density at radius 2 is 1.78 bits per heavy atom. The summed E-state index contributed by atoms with van der Waals surface area (Å²) in [6.07, 6.45) is 5.97. The van der Waals surface area contributed by atoms with Crippen molar-refractivity contribution in [2.75, 3.05) is 0 Å². The summed E-state index contributed by atoms with van der Waals surface area (Å²) in [6.45, 7) is 0. The predicted molar refractivity (Wildman–Crippen MR) is 47.3 cm³/mol. The Morgan fingerprint density at radius 3 is 2.22 bits per heavy atom. The minimum Gasteiger partial charge on any atom is -0.105 e. The first-order valence-electron chi connectivity index (χ1n) is 3.55. The number of alkyl halides is 2. The van der Waals surface area contributed by atoms with Gasteiger partial charge >= 0.3 is 0 Å². The van der Waals surface area contributed by atoms with Gasteiger partial charge in [0.1, 0.15) is 12.7 Å². The SMILES string of the molecule is BCCCCCC(Cl)Cl. The minimum atomic E-state index is -0.151. The molecule has 0 rings (SSSR count). The largest absolute Gasteiger partial charge is 0.107 e. The molecular formula is C6H13BCl2. The second-order valence-corrected chi connectivity index (χ2v) is 3.52. The number of hydrogen-bond donors (Lipinski definition) is 0. The van der Waals surface area contributed by atoms with E-state index in [-0.39, 0.29) is 4.84 Å².